The molecule has 0 saturated carbocycles. The number of hydrogen-bond donors (Lipinski definition) is 1. The molecule has 31 heavy (non-hydrogen) atoms. The minimum atomic E-state index is 0.846. The van der Waals surface area contributed by atoms with Crippen molar-refractivity contribution in [3.63, 3.8) is 0 Å². The first-order chi connectivity index (χ1) is 15.3. The molecule has 1 saturated heterocycles. The lowest BCUT2D eigenvalue weighted by Crippen LogP contribution is -2.28. The van der Waals surface area contributed by atoms with Crippen LogP contribution in [0.3, 0.4) is 0 Å². The zero-order valence-electron chi connectivity index (χ0n) is 17.3. The molecule has 1 fully saturated rings. The fourth-order valence-electron chi connectivity index (χ4n) is 4.54. The molecule has 0 radical (unpaired) electrons. The Morgan fingerprint density at radius 3 is 2.55 bits per heavy atom. The van der Waals surface area contributed by atoms with Crippen molar-refractivity contribution < 1.29 is 0 Å². The number of imidazole rings is 1. The first-order valence-corrected chi connectivity index (χ1v) is 10.9. The monoisotopic (exact) mass is 408 g/mol. The third kappa shape index (κ3) is 3.49. The molecule has 6 rings (SSSR count). The van der Waals surface area contributed by atoms with E-state index in [9.17, 15) is 0 Å². The van der Waals surface area contributed by atoms with Crippen LogP contribution < -0.4 is 0 Å². The Kier molecular flexibility index (Phi) is 4.50. The molecule has 5 aromatic rings. The van der Waals surface area contributed by atoms with E-state index in [-0.39, 0.29) is 0 Å². The van der Waals surface area contributed by atoms with Crippen LogP contribution in [-0.2, 0) is 6.54 Å². The van der Waals surface area contributed by atoms with Crippen molar-refractivity contribution in [2.45, 2.75) is 25.8 Å². The Labute approximate surface area is 180 Å². The third-order valence-electron chi connectivity index (χ3n) is 6.23. The summed E-state index contributed by atoms with van der Waals surface area (Å²) >= 11 is 0. The van der Waals surface area contributed by atoms with E-state index in [1.807, 2.05) is 23.2 Å². The van der Waals surface area contributed by atoms with E-state index in [0.29, 0.717) is 0 Å². The molecule has 1 aromatic carbocycles. The Morgan fingerprint density at radius 2 is 1.74 bits per heavy atom. The van der Waals surface area contributed by atoms with Gasteiger partial charge in [-0.25, -0.2) is 15.0 Å². The first kappa shape index (κ1) is 18.3. The number of piperidine rings is 1. The largest absolute Gasteiger partial charge is 0.338 e. The van der Waals surface area contributed by atoms with Gasteiger partial charge in [-0.3, -0.25) is 9.47 Å². The summed E-state index contributed by atoms with van der Waals surface area (Å²) in [6.07, 6.45) is 13.3. The second-order valence-corrected chi connectivity index (χ2v) is 8.34. The van der Waals surface area contributed by atoms with Gasteiger partial charge in [0.2, 0.25) is 0 Å². The smallest absolute Gasteiger partial charge is 0.138 e. The molecule has 1 aliphatic heterocycles. The molecule has 0 unspecified atom stereocenters. The van der Waals surface area contributed by atoms with Gasteiger partial charge in [0.25, 0.3) is 0 Å². The van der Waals surface area contributed by atoms with Crippen molar-refractivity contribution in [1.29, 1.82) is 0 Å². The number of nitrogens with zero attached hydrogens (tertiary/aromatic N) is 5. The fraction of sp³-hybridized carbons (Fsp3) is 0.240. The summed E-state index contributed by atoms with van der Waals surface area (Å²) in [5.41, 5.74) is 5.56. The summed E-state index contributed by atoms with van der Waals surface area (Å²) in [5, 5.41) is 2.22. The van der Waals surface area contributed by atoms with E-state index in [4.69, 9.17) is 4.98 Å². The lowest BCUT2D eigenvalue weighted by Gasteiger charge is -2.26. The average molecular weight is 409 g/mol. The molecule has 0 spiro atoms. The second kappa shape index (κ2) is 7.63. The quantitative estimate of drug-likeness (QED) is 0.457. The standard InChI is InChI=1S/C25H24N6/c1-2-9-30(10-3-1)16-18-4-6-19(7-5-18)20-12-22-21-13-24(31-11-8-26-17-31)27-15-23(21)29-25(22)28-14-20/h4-8,11-15,17H,1-3,9-10,16H2,(H,28,29). The van der Waals surface area contributed by atoms with E-state index in [0.717, 1.165) is 39.9 Å². The number of likely N-dealkylation sites (tertiary alicyclic amines) is 1. The lowest BCUT2D eigenvalue weighted by atomic mass is 10.0. The Hall–Kier alpha value is -3.51. The summed E-state index contributed by atoms with van der Waals surface area (Å²) in [4.78, 5) is 19.3. The minimum Gasteiger partial charge on any atom is -0.338 e. The molecular weight excluding hydrogens is 384 g/mol. The van der Waals surface area contributed by atoms with Gasteiger partial charge in [0, 0.05) is 41.5 Å². The van der Waals surface area contributed by atoms with Gasteiger partial charge in [-0.1, -0.05) is 30.7 Å². The summed E-state index contributed by atoms with van der Waals surface area (Å²) < 4.78 is 1.91. The number of aromatic amines is 1. The van der Waals surface area contributed by atoms with E-state index in [1.54, 1.807) is 12.5 Å². The fourth-order valence-corrected chi connectivity index (χ4v) is 4.54. The highest BCUT2D eigenvalue weighted by Crippen LogP contribution is 2.29. The van der Waals surface area contributed by atoms with E-state index in [1.165, 1.54) is 43.5 Å². The van der Waals surface area contributed by atoms with Crippen LogP contribution in [-0.4, -0.2) is 42.5 Å². The Bertz CT molecular complexity index is 1330. The number of benzene rings is 1. The summed E-state index contributed by atoms with van der Waals surface area (Å²) in [5.74, 6) is 0.846. The van der Waals surface area contributed by atoms with Gasteiger partial charge < -0.3 is 4.98 Å². The SMILES string of the molecule is c1cn(-c2cc3c(cn2)[nH]c2ncc(-c4ccc(CN5CCCCC5)cc4)cc23)cn1. The Balaban J connectivity index is 1.33. The molecule has 4 aromatic heterocycles. The molecule has 0 bridgehead atoms. The molecule has 154 valence electrons. The topological polar surface area (TPSA) is 62.6 Å². The number of pyridine rings is 2. The summed E-state index contributed by atoms with van der Waals surface area (Å²) in [6, 6.07) is 13.3. The van der Waals surface area contributed by atoms with Crippen LogP contribution in [0.4, 0.5) is 0 Å². The maximum atomic E-state index is 4.69. The average Bonchev–Trinajstić information content (AvgIpc) is 3.48. The van der Waals surface area contributed by atoms with Crippen molar-refractivity contribution in [3.8, 4) is 16.9 Å². The normalized spacial score (nSPS) is 15.1. The maximum absolute atomic E-state index is 4.69. The predicted octanol–water partition coefficient (Wildman–Crippen LogP) is 4.95. The van der Waals surface area contributed by atoms with Crippen LogP contribution >= 0.6 is 0 Å². The first-order valence-electron chi connectivity index (χ1n) is 10.9. The highest BCUT2D eigenvalue weighted by atomic mass is 15.1. The highest BCUT2D eigenvalue weighted by Gasteiger charge is 2.12. The maximum Gasteiger partial charge on any atom is 0.138 e. The Morgan fingerprint density at radius 1 is 0.871 bits per heavy atom. The molecule has 0 amide bonds. The van der Waals surface area contributed by atoms with Crippen LogP contribution in [0.1, 0.15) is 24.8 Å². The molecule has 1 N–H and O–H groups in total. The second-order valence-electron chi connectivity index (χ2n) is 8.34. The molecule has 0 atom stereocenters. The van der Waals surface area contributed by atoms with Gasteiger partial charge >= 0.3 is 0 Å². The zero-order chi connectivity index (χ0) is 20.6. The third-order valence-corrected chi connectivity index (χ3v) is 6.23. The number of nitrogens with one attached hydrogen (secondary N) is 1. The van der Waals surface area contributed by atoms with Crippen LogP contribution in [0.2, 0.25) is 0 Å². The van der Waals surface area contributed by atoms with Gasteiger partial charge in [0.05, 0.1) is 11.7 Å². The molecule has 6 heteroatoms. The van der Waals surface area contributed by atoms with Gasteiger partial charge in [-0.15, -0.1) is 0 Å². The number of hydrogen-bond acceptors (Lipinski definition) is 4. The number of H-pyrrole nitrogens is 1. The molecule has 1 aliphatic rings. The minimum absolute atomic E-state index is 0.846. The highest BCUT2D eigenvalue weighted by molar-refractivity contribution is 6.07. The van der Waals surface area contributed by atoms with Crippen molar-refractivity contribution in [2.75, 3.05) is 13.1 Å². The number of fused-ring (bicyclic) bond motifs is 3. The van der Waals surface area contributed by atoms with Crippen LogP contribution in [0.15, 0.2) is 67.5 Å². The van der Waals surface area contributed by atoms with Crippen molar-refractivity contribution in [3.05, 3.63) is 73.1 Å². The van der Waals surface area contributed by atoms with E-state index >= 15 is 0 Å². The van der Waals surface area contributed by atoms with Gasteiger partial charge in [0.1, 0.15) is 17.8 Å². The van der Waals surface area contributed by atoms with Crippen molar-refractivity contribution >= 4 is 21.9 Å². The van der Waals surface area contributed by atoms with E-state index in [2.05, 4.69) is 56.3 Å². The molecule has 5 heterocycles. The number of aromatic nitrogens is 5. The van der Waals surface area contributed by atoms with Crippen LogP contribution in [0, 0.1) is 0 Å². The molecule has 0 aliphatic carbocycles. The lowest BCUT2D eigenvalue weighted by molar-refractivity contribution is 0.221. The van der Waals surface area contributed by atoms with Crippen LogP contribution in [0.25, 0.3) is 38.9 Å². The molecular formula is C25H24N6. The van der Waals surface area contributed by atoms with Crippen LogP contribution in [0.5, 0.6) is 0 Å². The van der Waals surface area contributed by atoms with Gasteiger partial charge in [-0.2, -0.15) is 0 Å². The summed E-state index contributed by atoms with van der Waals surface area (Å²) in [7, 11) is 0. The van der Waals surface area contributed by atoms with Gasteiger partial charge in [-0.05, 0) is 49.2 Å². The molecule has 6 nitrogen and oxygen atoms in total. The van der Waals surface area contributed by atoms with E-state index < -0.39 is 0 Å². The van der Waals surface area contributed by atoms with Crippen molar-refractivity contribution in [2.24, 2.45) is 0 Å². The van der Waals surface area contributed by atoms with Gasteiger partial charge in [0.15, 0.2) is 0 Å². The summed E-state index contributed by atoms with van der Waals surface area (Å²) in [6.45, 7) is 3.49. The number of rotatable bonds is 4. The van der Waals surface area contributed by atoms with Crippen molar-refractivity contribution in [1.82, 2.24) is 29.4 Å². The predicted molar refractivity (Wildman–Crippen MR) is 123 cm³/mol. The zero-order valence-corrected chi connectivity index (χ0v) is 17.3.